The van der Waals surface area contributed by atoms with Crippen molar-refractivity contribution in [3.63, 3.8) is 0 Å². The summed E-state index contributed by atoms with van der Waals surface area (Å²) in [6.07, 6.45) is 1.46. The van der Waals surface area contributed by atoms with Gasteiger partial charge in [0.1, 0.15) is 5.75 Å². The number of nitrogens with zero attached hydrogens (tertiary/aromatic N) is 4. The highest BCUT2D eigenvalue weighted by Gasteiger charge is 2.20. The van der Waals surface area contributed by atoms with Crippen LogP contribution in [0.1, 0.15) is 35.5 Å². The molecule has 1 N–H and O–H groups in total. The molecular formula is C27H29N5O2S2. The normalized spacial score (nSPS) is 11.8. The number of ether oxygens (including phenoxy) is 1. The van der Waals surface area contributed by atoms with Crippen LogP contribution in [0.4, 0.5) is 5.13 Å². The van der Waals surface area contributed by atoms with E-state index in [-0.39, 0.29) is 17.8 Å². The number of aromatic nitrogens is 4. The number of thiazole rings is 1. The van der Waals surface area contributed by atoms with Gasteiger partial charge in [0.25, 0.3) is 0 Å². The third-order valence-corrected chi connectivity index (χ3v) is 7.43. The van der Waals surface area contributed by atoms with E-state index in [1.54, 1.807) is 6.08 Å². The number of rotatable bonds is 10. The topological polar surface area (TPSA) is 81.9 Å². The van der Waals surface area contributed by atoms with Gasteiger partial charge >= 0.3 is 0 Å². The molecule has 2 aromatic carbocycles. The lowest BCUT2D eigenvalue weighted by Gasteiger charge is -2.17. The fourth-order valence-corrected chi connectivity index (χ4v) is 5.08. The van der Waals surface area contributed by atoms with E-state index in [2.05, 4.69) is 53.1 Å². The van der Waals surface area contributed by atoms with Gasteiger partial charge in [-0.2, -0.15) is 0 Å². The van der Waals surface area contributed by atoms with Crippen molar-refractivity contribution in [3.8, 4) is 17.0 Å². The van der Waals surface area contributed by atoms with Gasteiger partial charge in [-0.3, -0.25) is 9.36 Å². The van der Waals surface area contributed by atoms with Gasteiger partial charge in [-0.25, -0.2) is 4.98 Å². The van der Waals surface area contributed by atoms with E-state index in [9.17, 15) is 4.79 Å². The van der Waals surface area contributed by atoms with E-state index in [0.29, 0.717) is 22.7 Å². The number of anilines is 1. The minimum Gasteiger partial charge on any atom is -0.482 e. The zero-order valence-electron chi connectivity index (χ0n) is 20.8. The maximum Gasteiger partial charge on any atom is 0.236 e. The fraction of sp³-hybridized carbons (Fsp3) is 0.259. The number of hydrogen-bond donors (Lipinski definition) is 1. The summed E-state index contributed by atoms with van der Waals surface area (Å²) in [5.41, 5.74) is 5.39. The van der Waals surface area contributed by atoms with Crippen LogP contribution in [0.15, 0.2) is 65.7 Å². The third-order valence-electron chi connectivity index (χ3n) is 5.70. The summed E-state index contributed by atoms with van der Waals surface area (Å²) in [6, 6.07) is 14.1. The van der Waals surface area contributed by atoms with Gasteiger partial charge in [-0.15, -0.1) is 28.1 Å². The number of benzene rings is 2. The molecule has 0 spiro atoms. The summed E-state index contributed by atoms with van der Waals surface area (Å²) < 4.78 is 8.06. The van der Waals surface area contributed by atoms with Crippen LogP contribution in [0.2, 0.25) is 0 Å². The van der Waals surface area contributed by atoms with Crippen LogP contribution in [-0.2, 0) is 11.3 Å². The molecule has 0 aliphatic rings. The second-order valence-electron chi connectivity index (χ2n) is 8.44. The number of allylic oxidation sites excluding steroid dienone is 1. The molecule has 186 valence electrons. The number of nitrogens with one attached hydrogen (secondary N) is 1. The Kier molecular flexibility index (Phi) is 8.22. The Morgan fingerprint density at radius 2 is 1.97 bits per heavy atom. The summed E-state index contributed by atoms with van der Waals surface area (Å²) in [5, 5.41) is 14.7. The first-order valence-corrected chi connectivity index (χ1v) is 13.4. The number of aryl methyl sites for hydroxylation is 3. The molecule has 4 aromatic rings. The molecule has 0 fully saturated rings. The maximum absolute atomic E-state index is 12.7. The van der Waals surface area contributed by atoms with Crippen molar-refractivity contribution in [3.05, 3.63) is 83.0 Å². The lowest BCUT2D eigenvalue weighted by Crippen LogP contribution is -2.15. The smallest absolute Gasteiger partial charge is 0.236 e. The van der Waals surface area contributed by atoms with Crippen LogP contribution in [-0.4, -0.2) is 31.4 Å². The van der Waals surface area contributed by atoms with Gasteiger partial charge in [0.15, 0.2) is 22.2 Å². The van der Waals surface area contributed by atoms with Crippen molar-refractivity contribution in [1.82, 2.24) is 19.7 Å². The monoisotopic (exact) mass is 519 g/mol. The molecule has 0 aliphatic carbocycles. The van der Waals surface area contributed by atoms with Crippen LogP contribution in [0, 0.1) is 20.8 Å². The van der Waals surface area contributed by atoms with Crippen molar-refractivity contribution in [2.45, 2.75) is 45.5 Å². The number of thioether (sulfide) groups is 1. The SMILES string of the molecule is C=CCn1c(SCC(=O)Nc2nc(-c3ccc(C)c(C)c3)cs2)nnc1C(C)Oc1ccccc1C. The van der Waals surface area contributed by atoms with E-state index in [1.807, 2.05) is 54.1 Å². The minimum absolute atomic E-state index is 0.153. The molecule has 2 heterocycles. The first kappa shape index (κ1) is 25.7. The standard InChI is InChI=1S/C27H29N5O2S2/c1-6-13-32-25(20(5)34-23-10-8-7-9-18(23)3)30-31-27(32)36-16-24(33)29-26-28-22(15-35-26)21-12-11-17(2)19(4)14-21/h6-12,14-15,20H,1,13,16H2,2-5H3,(H,28,29,33). The summed E-state index contributed by atoms with van der Waals surface area (Å²) in [4.78, 5) is 17.2. The lowest BCUT2D eigenvalue weighted by molar-refractivity contribution is -0.113. The van der Waals surface area contributed by atoms with E-state index < -0.39 is 0 Å². The Hall–Kier alpha value is -3.43. The third kappa shape index (κ3) is 6.03. The molecule has 0 aliphatic heterocycles. The van der Waals surface area contributed by atoms with Crippen LogP contribution < -0.4 is 10.1 Å². The van der Waals surface area contributed by atoms with Crippen LogP contribution in [0.5, 0.6) is 5.75 Å². The molecule has 9 heteroatoms. The Bertz CT molecular complexity index is 1380. The van der Waals surface area contributed by atoms with Crippen LogP contribution >= 0.6 is 23.1 Å². The van der Waals surface area contributed by atoms with E-state index in [0.717, 1.165) is 22.6 Å². The molecule has 4 rings (SSSR count). The molecular weight excluding hydrogens is 490 g/mol. The Labute approximate surface area is 219 Å². The average molecular weight is 520 g/mol. The summed E-state index contributed by atoms with van der Waals surface area (Å²) in [7, 11) is 0. The Morgan fingerprint density at radius 1 is 1.17 bits per heavy atom. The summed E-state index contributed by atoms with van der Waals surface area (Å²) in [6.45, 7) is 12.5. The lowest BCUT2D eigenvalue weighted by atomic mass is 10.1. The van der Waals surface area contributed by atoms with Gasteiger partial charge < -0.3 is 10.1 Å². The molecule has 0 saturated carbocycles. The average Bonchev–Trinajstić information content (AvgIpc) is 3.48. The van der Waals surface area contributed by atoms with Crippen molar-refractivity contribution < 1.29 is 9.53 Å². The zero-order chi connectivity index (χ0) is 25.7. The first-order valence-electron chi connectivity index (χ1n) is 11.6. The number of carbonyl (C=O) groups is 1. The highest BCUT2D eigenvalue weighted by molar-refractivity contribution is 7.99. The quantitative estimate of drug-likeness (QED) is 0.193. The predicted octanol–water partition coefficient (Wildman–Crippen LogP) is 6.38. The van der Waals surface area contributed by atoms with Gasteiger partial charge in [0.2, 0.25) is 5.91 Å². The minimum atomic E-state index is -0.319. The molecule has 1 amide bonds. The number of amides is 1. The number of carbonyl (C=O) groups excluding carboxylic acids is 1. The van der Waals surface area contributed by atoms with Crippen LogP contribution in [0.3, 0.4) is 0 Å². The molecule has 36 heavy (non-hydrogen) atoms. The second kappa shape index (κ2) is 11.5. The van der Waals surface area contributed by atoms with E-state index in [4.69, 9.17) is 4.74 Å². The summed E-state index contributed by atoms with van der Waals surface area (Å²) >= 11 is 2.73. The highest BCUT2D eigenvalue weighted by Crippen LogP contribution is 2.28. The van der Waals surface area contributed by atoms with Gasteiger partial charge in [-0.1, -0.05) is 48.2 Å². The molecule has 2 aromatic heterocycles. The van der Waals surface area contributed by atoms with Crippen molar-refractivity contribution in [2.24, 2.45) is 0 Å². The van der Waals surface area contributed by atoms with Crippen molar-refractivity contribution >= 4 is 34.1 Å². The first-order chi connectivity index (χ1) is 17.4. The van der Waals surface area contributed by atoms with E-state index in [1.165, 1.54) is 34.2 Å². The van der Waals surface area contributed by atoms with E-state index >= 15 is 0 Å². The molecule has 0 bridgehead atoms. The number of para-hydroxylation sites is 1. The number of hydrogen-bond acceptors (Lipinski definition) is 7. The largest absolute Gasteiger partial charge is 0.482 e. The van der Waals surface area contributed by atoms with Crippen molar-refractivity contribution in [1.29, 1.82) is 0 Å². The molecule has 0 saturated heterocycles. The van der Waals surface area contributed by atoms with Gasteiger partial charge in [0, 0.05) is 17.5 Å². The second-order valence-corrected chi connectivity index (χ2v) is 10.2. The van der Waals surface area contributed by atoms with Crippen molar-refractivity contribution in [2.75, 3.05) is 11.1 Å². The maximum atomic E-state index is 12.7. The molecule has 7 nitrogen and oxygen atoms in total. The molecule has 1 unspecified atom stereocenters. The van der Waals surface area contributed by atoms with Crippen LogP contribution in [0.25, 0.3) is 11.3 Å². The predicted molar refractivity (Wildman–Crippen MR) is 147 cm³/mol. The van der Waals surface area contributed by atoms with Gasteiger partial charge in [-0.05, 0) is 56.5 Å². The van der Waals surface area contributed by atoms with Gasteiger partial charge in [0.05, 0.1) is 11.4 Å². The Balaban J connectivity index is 1.39. The zero-order valence-corrected chi connectivity index (χ0v) is 22.4. The summed E-state index contributed by atoms with van der Waals surface area (Å²) in [5.74, 6) is 1.51. The highest BCUT2D eigenvalue weighted by atomic mass is 32.2. The fourth-order valence-electron chi connectivity index (χ4n) is 3.59. The molecule has 0 radical (unpaired) electrons. The Morgan fingerprint density at radius 3 is 2.72 bits per heavy atom. The molecule has 1 atom stereocenters.